The monoisotopic (exact) mass is 431 g/mol. The Balaban J connectivity index is 1.92. The lowest BCUT2D eigenvalue weighted by Gasteiger charge is -2.04. The average molecular weight is 432 g/mol. The number of nitro benzene ring substituents is 1. The third-order valence-corrected chi connectivity index (χ3v) is 6.16. The maximum Gasteiger partial charge on any atom is 0.271 e. The summed E-state index contributed by atoms with van der Waals surface area (Å²) in [4.78, 5) is 29.2. The largest absolute Gasteiger partial charge is 0.383 e. The zero-order valence-corrected chi connectivity index (χ0v) is 17.8. The van der Waals surface area contributed by atoms with E-state index in [1.54, 1.807) is 29.5 Å². The van der Waals surface area contributed by atoms with Gasteiger partial charge in [0.2, 0.25) is 0 Å². The van der Waals surface area contributed by atoms with E-state index in [2.05, 4.69) is 11.9 Å². The van der Waals surface area contributed by atoms with E-state index in [4.69, 9.17) is 4.74 Å². The van der Waals surface area contributed by atoms with Gasteiger partial charge in [-0.05, 0) is 29.5 Å². The predicted molar refractivity (Wildman–Crippen MR) is 115 cm³/mol. The molecule has 0 fully saturated rings. The number of methoxy groups -OCH3 is 1. The SMILES string of the molecule is CCSc1ccc(CC(=O)N=c2sc3ccc([N+](=O)[O-])cc3n2CCOC)cc1. The number of fused-ring (bicyclic) bond motifs is 1. The van der Waals surface area contributed by atoms with Crippen LogP contribution in [0.2, 0.25) is 0 Å². The molecule has 0 saturated heterocycles. The number of rotatable bonds is 8. The predicted octanol–water partition coefficient (Wildman–Crippen LogP) is 4.04. The Bertz CT molecular complexity index is 1090. The van der Waals surface area contributed by atoms with Crippen LogP contribution in [0.3, 0.4) is 0 Å². The molecule has 0 aliphatic carbocycles. The topological polar surface area (TPSA) is 86.7 Å². The van der Waals surface area contributed by atoms with Gasteiger partial charge in [-0.3, -0.25) is 14.9 Å². The summed E-state index contributed by atoms with van der Waals surface area (Å²) in [7, 11) is 1.58. The number of carbonyl (C=O) groups is 1. The van der Waals surface area contributed by atoms with Crippen molar-refractivity contribution in [2.24, 2.45) is 4.99 Å². The van der Waals surface area contributed by atoms with Crippen LogP contribution < -0.4 is 4.80 Å². The van der Waals surface area contributed by atoms with E-state index >= 15 is 0 Å². The molecule has 1 amide bonds. The van der Waals surface area contributed by atoms with E-state index in [-0.39, 0.29) is 18.0 Å². The van der Waals surface area contributed by atoms with Crippen molar-refractivity contribution in [1.82, 2.24) is 4.57 Å². The molecule has 29 heavy (non-hydrogen) atoms. The Kier molecular flexibility index (Phi) is 7.18. The summed E-state index contributed by atoms with van der Waals surface area (Å²) in [5.74, 6) is 0.743. The molecule has 3 aromatic rings. The molecule has 9 heteroatoms. The summed E-state index contributed by atoms with van der Waals surface area (Å²) in [6.45, 7) is 2.96. The van der Waals surface area contributed by atoms with Crippen molar-refractivity contribution >= 4 is 44.9 Å². The van der Waals surface area contributed by atoms with Crippen molar-refractivity contribution < 1.29 is 14.5 Å². The van der Waals surface area contributed by atoms with Crippen LogP contribution in [0.5, 0.6) is 0 Å². The number of nitro groups is 1. The molecule has 0 atom stereocenters. The fraction of sp³-hybridized carbons (Fsp3) is 0.300. The number of nitrogens with zero attached hydrogens (tertiary/aromatic N) is 3. The second-order valence-electron chi connectivity index (χ2n) is 6.20. The number of hydrogen-bond acceptors (Lipinski definition) is 6. The van der Waals surface area contributed by atoms with Crippen molar-refractivity contribution in [1.29, 1.82) is 0 Å². The highest BCUT2D eigenvalue weighted by atomic mass is 32.2. The smallest absolute Gasteiger partial charge is 0.271 e. The van der Waals surface area contributed by atoms with E-state index in [1.807, 2.05) is 24.3 Å². The van der Waals surface area contributed by atoms with Crippen LogP contribution in [0.4, 0.5) is 5.69 Å². The minimum atomic E-state index is -0.430. The first-order chi connectivity index (χ1) is 14.0. The van der Waals surface area contributed by atoms with Gasteiger partial charge in [0.05, 0.1) is 28.2 Å². The summed E-state index contributed by atoms with van der Waals surface area (Å²) in [6.07, 6.45) is 0.204. The fourth-order valence-corrected chi connectivity index (χ4v) is 4.56. The summed E-state index contributed by atoms with van der Waals surface area (Å²) in [5, 5.41) is 11.1. The molecular weight excluding hydrogens is 410 g/mol. The first-order valence-electron chi connectivity index (χ1n) is 9.08. The Hall–Kier alpha value is -2.49. The van der Waals surface area contributed by atoms with Crippen molar-refractivity contribution in [3.05, 3.63) is 62.9 Å². The zero-order valence-electron chi connectivity index (χ0n) is 16.2. The minimum Gasteiger partial charge on any atom is -0.383 e. The van der Waals surface area contributed by atoms with Gasteiger partial charge in [-0.15, -0.1) is 11.8 Å². The Labute approximate surface area is 176 Å². The number of non-ortho nitro benzene ring substituents is 1. The third kappa shape index (κ3) is 5.31. The number of thiazole rings is 1. The molecule has 0 saturated carbocycles. The summed E-state index contributed by atoms with van der Waals surface area (Å²) in [6, 6.07) is 12.6. The Morgan fingerprint density at radius 3 is 2.69 bits per heavy atom. The van der Waals surface area contributed by atoms with Gasteiger partial charge in [-0.25, -0.2) is 0 Å². The first-order valence-corrected chi connectivity index (χ1v) is 10.9. The van der Waals surface area contributed by atoms with Crippen LogP contribution >= 0.6 is 23.1 Å². The van der Waals surface area contributed by atoms with Crippen LogP contribution in [-0.2, 0) is 22.5 Å². The lowest BCUT2D eigenvalue weighted by atomic mass is 10.1. The number of aromatic nitrogens is 1. The molecule has 0 radical (unpaired) electrons. The standard InChI is InChI=1S/C20H21N3O4S2/c1-3-28-16-7-4-14(5-8-16)12-19(24)21-20-22(10-11-27-2)17-13-15(23(25)26)6-9-18(17)29-20/h4-9,13H,3,10-12H2,1-2H3. The molecule has 2 aromatic carbocycles. The third-order valence-electron chi connectivity index (χ3n) is 4.21. The molecule has 0 aliphatic rings. The number of amides is 1. The van der Waals surface area contributed by atoms with E-state index in [1.165, 1.54) is 28.4 Å². The first kappa shape index (κ1) is 21.2. The summed E-state index contributed by atoms with van der Waals surface area (Å²) >= 11 is 3.09. The van der Waals surface area contributed by atoms with E-state index in [0.29, 0.717) is 23.5 Å². The quantitative estimate of drug-likeness (QED) is 0.305. The van der Waals surface area contributed by atoms with Gasteiger partial charge in [0.15, 0.2) is 4.80 Å². The van der Waals surface area contributed by atoms with Crippen molar-refractivity contribution in [3.8, 4) is 0 Å². The molecule has 1 aromatic heterocycles. The molecule has 7 nitrogen and oxygen atoms in total. The van der Waals surface area contributed by atoms with Crippen molar-refractivity contribution in [2.45, 2.75) is 24.8 Å². The molecule has 0 aliphatic heterocycles. The van der Waals surface area contributed by atoms with E-state index in [9.17, 15) is 14.9 Å². The molecule has 0 N–H and O–H groups in total. The summed E-state index contributed by atoms with van der Waals surface area (Å²) < 4.78 is 7.78. The number of thioether (sulfide) groups is 1. The van der Waals surface area contributed by atoms with E-state index in [0.717, 1.165) is 16.0 Å². The highest BCUT2D eigenvalue weighted by molar-refractivity contribution is 7.99. The van der Waals surface area contributed by atoms with Gasteiger partial charge in [0, 0.05) is 30.7 Å². The highest BCUT2D eigenvalue weighted by Gasteiger charge is 2.13. The van der Waals surface area contributed by atoms with Crippen LogP contribution in [0.25, 0.3) is 10.2 Å². The van der Waals surface area contributed by atoms with Crippen LogP contribution in [0.15, 0.2) is 52.4 Å². The number of hydrogen-bond donors (Lipinski definition) is 0. The van der Waals surface area contributed by atoms with Gasteiger partial charge >= 0.3 is 0 Å². The van der Waals surface area contributed by atoms with Crippen LogP contribution in [-0.4, -0.2) is 34.9 Å². The van der Waals surface area contributed by atoms with Crippen LogP contribution in [0, 0.1) is 10.1 Å². The van der Waals surface area contributed by atoms with Gasteiger partial charge in [-0.1, -0.05) is 30.4 Å². The Morgan fingerprint density at radius 1 is 1.28 bits per heavy atom. The second kappa shape index (κ2) is 9.82. The molecule has 0 spiro atoms. The highest BCUT2D eigenvalue weighted by Crippen LogP contribution is 2.23. The van der Waals surface area contributed by atoms with Crippen molar-refractivity contribution in [2.75, 3.05) is 19.5 Å². The zero-order chi connectivity index (χ0) is 20.8. The lowest BCUT2D eigenvalue weighted by molar-refractivity contribution is -0.384. The van der Waals surface area contributed by atoms with Gasteiger partial charge in [-0.2, -0.15) is 4.99 Å². The molecule has 0 unspecified atom stereocenters. The molecule has 1 heterocycles. The maximum absolute atomic E-state index is 12.6. The van der Waals surface area contributed by atoms with Gasteiger partial charge < -0.3 is 9.30 Å². The minimum absolute atomic E-state index is 0.00406. The Morgan fingerprint density at radius 2 is 2.03 bits per heavy atom. The number of benzene rings is 2. The van der Waals surface area contributed by atoms with Gasteiger partial charge in [0.1, 0.15) is 0 Å². The van der Waals surface area contributed by atoms with Gasteiger partial charge in [0.25, 0.3) is 11.6 Å². The molecule has 152 valence electrons. The maximum atomic E-state index is 12.6. The lowest BCUT2D eigenvalue weighted by Crippen LogP contribution is -2.19. The number of carbonyl (C=O) groups excluding carboxylic acids is 1. The molecule has 0 bridgehead atoms. The molecule has 3 rings (SSSR count). The summed E-state index contributed by atoms with van der Waals surface area (Å²) in [5.41, 5.74) is 1.58. The second-order valence-corrected chi connectivity index (χ2v) is 8.54. The number of ether oxygens (including phenoxy) is 1. The van der Waals surface area contributed by atoms with E-state index < -0.39 is 4.92 Å². The van der Waals surface area contributed by atoms with Crippen LogP contribution in [0.1, 0.15) is 12.5 Å². The molecular formula is C20H21N3O4S2. The average Bonchev–Trinajstić information content (AvgIpc) is 3.04. The fourth-order valence-electron chi connectivity index (χ4n) is 2.85. The van der Waals surface area contributed by atoms with Crippen molar-refractivity contribution in [3.63, 3.8) is 0 Å². The normalized spacial score (nSPS) is 11.9.